The van der Waals surface area contributed by atoms with E-state index < -0.39 is 11.2 Å². The normalized spacial score (nSPS) is 18.2. The molecule has 1 saturated carbocycles. The number of H-pyrrole nitrogens is 1. The Balaban J connectivity index is 1.38. The number of aromatic nitrogens is 3. The van der Waals surface area contributed by atoms with E-state index in [2.05, 4.69) is 20.2 Å². The van der Waals surface area contributed by atoms with E-state index >= 15 is 0 Å². The number of pyridine rings is 1. The molecule has 9 nitrogen and oxygen atoms in total. The van der Waals surface area contributed by atoms with Crippen LogP contribution in [0.4, 0.5) is 0 Å². The average molecular weight is 423 g/mol. The summed E-state index contributed by atoms with van der Waals surface area (Å²) in [5.41, 5.74) is -0.362. The highest BCUT2D eigenvalue weighted by molar-refractivity contribution is 5.96. The minimum Gasteiger partial charge on any atom is -0.468 e. The van der Waals surface area contributed by atoms with Gasteiger partial charge in [-0.1, -0.05) is 6.42 Å². The highest BCUT2D eigenvalue weighted by atomic mass is 16.3. The zero-order valence-corrected chi connectivity index (χ0v) is 17.2. The fourth-order valence-corrected chi connectivity index (χ4v) is 4.35. The number of rotatable bonds is 6. The summed E-state index contributed by atoms with van der Waals surface area (Å²) >= 11 is 0. The van der Waals surface area contributed by atoms with Crippen LogP contribution in [-0.2, 0) is 0 Å². The summed E-state index contributed by atoms with van der Waals surface area (Å²) in [5, 5.41) is 3.22. The van der Waals surface area contributed by atoms with Crippen LogP contribution in [0.3, 0.4) is 0 Å². The predicted octanol–water partition coefficient (Wildman–Crippen LogP) is 1.97. The average Bonchev–Trinajstić information content (AvgIpc) is 3.47. The van der Waals surface area contributed by atoms with Crippen LogP contribution in [-0.4, -0.2) is 45.0 Å². The van der Waals surface area contributed by atoms with E-state index in [9.17, 15) is 14.4 Å². The lowest BCUT2D eigenvalue weighted by Crippen LogP contribution is -2.40. The van der Waals surface area contributed by atoms with E-state index in [1.165, 1.54) is 23.3 Å². The summed E-state index contributed by atoms with van der Waals surface area (Å²) < 4.78 is 7.15. The molecule has 0 bridgehead atoms. The van der Waals surface area contributed by atoms with E-state index in [-0.39, 0.29) is 28.9 Å². The maximum atomic E-state index is 12.9. The smallest absolute Gasteiger partial charge is 0.330 e. The number of hydrogen-bond donors (Lipinski definition) is 2. The minimum absolute atomic E-state index is 0.0453. The van der Waals surface area contributed by atoms with Crippen molar-refractivity contribution in [3.63, 3.8) is 0 Å². The fourth-order valence-electron chi connectivity index (χ4n) is 4.35. The molecule has 4 heterocycles. The molecule has 2 fully saturated rings. The number of hydrogen-bond acceptors (Lipinski definition) is 6. The molecule has 3 aromatic rings. The zero-order valence-electron chi connectivity index (χ0n) is 17.2. The summed E-state index contributed by atoms with van der Waals surface area (Å²) in [6, 6.07) is 5.32. The van der Waals surface area contributed by atoms with E-state index in [0.717, 1.165) is 44.5 Å². The van der Waals surface area contributed by atoms with Crippen molar-refractivity contribution in [1.82, 2.24) is 24.8 Å². The van der Waals surface area contributed by atoms with Gasteiger partial charge in [-0.05, 0) is 57.0 Å². The molecule has 3 aromatic heterocycles. The number of likely N-dealkylation sites (tertiary alicyclic amines) is 1. The second-order valence-corrected chi connectivity index (χ2v) is 8.29. The van der Waals surface area contributed by atoms with Crippen molar-refractivity contribution < 1.29 is 9.21 Å². The van der Waals surface area contributed by atoms with Crippen molar-refractivity contribution in [2.24, 2.45) is 0 Å². The molecule has 1 unspecified atom stereocenters. The molecular weight excluding hydrogens is 398 g/mol. The van der Waals surface area contributed by atoms with Crippen molar-refractivity contribution >= 4 is 16.9 Å². The largest absolute Gasteiger partial charge is 0.468 e. The number of carbonyl (C=O) groups excluding carboxylic acids is 1. The van der Waals surface area contributed by atoms with Crippen LogP contribution in [0, 0.1) is 0 Å². The van der Waals surface area contributed by atoms with Crippen LogP contribution >= 0.6 is 0 Å². The Morgan fingerprint density at radius 1 is 1.26 bits per heavy atom. The number of fused-ring (bicyclic) bond motifs is 1. The second kappa shape index (κ2) is 8.14. The van der Waals surface area contributed by atoms with Crippen LogP contribution in [0.15, 0.2) is 44.7 Å². The van der Waals surface area contributed by atoms with Gasteiger partial charge >= 0.3 is 5.69 Å². The van der Waals surface area contributed by atoms with Crippen molar-refractivity contribution in [2.75, 3.05) is 19.6 Å². The Morgan fingerprint density at radius 2 is 2.06 bits per heavy atom. The third-order valence-corrected chi connectivity index (χ3v) is 6.11. The summed E-state index contributed by atoms with van der Waals surface area (Å²) in [5.74, 6) is 0.510. The molecule has 0 aromatic carbocycles. The topological polar surface area (TPSA) is 113 Å². The Kier molecular flexibility index (Phi) is 5.19. The lowest BCUT2D eigenvalue weighted by atomic mass is 10.1. The molecule has 31 heavy (non-hydrogen) atoms. The van der Waals surface area contributed by atoms with Gasteiger partial charge in [-0.3, -0.25) is 24.0 Å². The molecule has 1 aliphatic heterocycles. The molecule has 0 radical (unpaired) electrons. The van der Waals surface area contributed by atoms with E-state index in [1.807, 2.05) is 12.1 Å². The van der Waals surface area contributed by atoms with Gasteiger partial charge in [0, 0.05) is 18.8 Å². The zero-order chi connectivity index (χ0) is 21.4. The van der Waals surface area contributed by atoms with Gasteiger partial charge in [0.25, 0.3) is 11.5 Å². The Labute approximate surface area is 178 Å². The van der Waals surface area contributed by atoms with Crippen LogP contribution in [0.2, 0.25) is 0 Å². The van der Waals surface area contributed by atoms with Crippen molar-refractivity contribution in [2.45, 2.75) is 44.2 Å². The molecule has 2 N–H and O–H groups in total. The monoisotopic (exact) mass is 423 g/mol. The Morgan fingerprint density at radius 3 is 2.77 bits per heavy atom. The first kappa shape index (κ1) is 19.7. The molecule has 1 atom stereocenters. The van der Waals surface area contributed by atoms with E-state index in [0.29, 0.717) is 12.2 Å². The quantitative estimate of drug-likeness (QED) is 0.627. The molecule has 0 spiro atoms. The van der Waals surface area contributed by atoms with Crippen LogP contribution in [0.5, 0.6) is 0 Å². The molecule has 5 rings (SSSR count). The molecule has 162 valence electrons. The number of nitrogens with one attached hydrogen (secondary N) is 2. The number of furan rings is 1. The molecule has 2 aliphatic rings. The lowest BCUT2D eigenvalue weighted by Gasteiger charge is -2.33. The lowest BCUT2D eigenvalue weighted by molar-refractivity contribution is 0.0914. The minimum atomic E-state index is -0.527. The number of piperidine rings is 1. The fraction of sp³-hybridized carbons (Fsp3) is 0.455. The number of carbonyl (C=O) groups is 1. The molecule has 1 amide bonds. The van der Waals surface area contributed by atoms with Crippen molar-refractivity contribution in [3.8, 4) is 0 Å². The van der Waals surface area contributed by atoms with Crippen molar-refractivity contribution in [1.29, 1.82) is 0 Å². The number of aromatic amines is 1. The summed E-state index contributed by atoms with van der Waals surface area (Å²) in [6.45, 7) is 2.32. The Bertz CT molecular complexity index is 1200. The maximum absolute atomic E-state index is 12.9. The maximum Gasteiger partial charge on any atom is 0.330 e. The number of amides is 1. The van der Waals surface area contributed by atoms with Gasteiger partial charge in [-0.2, -0.15) is 0 Å². The highest BCUT2D eigenvalue weighted by Gasteiger charge is 2.28. The van der Waals surface area contributed by atoms with Gasteiger partial charge < -0.3 is 9.73 Å². The van der Waals surface area contributed by atoms with Gasteiger partial charge in [0.05, 0.1) is 23.3 Å². The summed E-state index contributed by atoms with van der Waals surface area (Å²) in [7, 11) is 0. The first-order valence-corrected chi connectivity index (χ1v) is 10.8. The predicted molar refractivity (Wildman–Crippen MR) is 114 cm³/mol. The first-order valence-electron chi connectivity index (χ1n) is 10.8. The van der Waals surface area contributed by atoms with E-state index in [4.69, 9.17) is 4.42 Å². The molecule has 9 heteroatoms. The highest BCUT2D eigenvalue weighted by Crippen LogP contribution is 2.34. The van der Waals surface area contributed by atoms with Gasteiger partial charge in [-0.15, -0.1) is 0 Å². The SMILES string of the molecule is O=C(NCC(c1ccco1)N1CCCCC1)c1cnc2c(c1)c(=O)[nH]c(=O)n2C1CC1. The standard InChI is InChI=1S/C22H25N5O4/c28-20(24-13-17(18-5-4-10-31-18)26-8-2-1-3-9-26)14-11-16-19(23-12-14)27(15-6-7-15)22(30)25-21(16)29/h4-5,10-12,15,17H,1-3,6-9,13H2,(H,24,28)(H,25,29,30). The van der Waals surface area contributed by atoms with Crippen LogP contribution < -0.4 is 16.6 Å². The van der Waals surface area contributed by atoms with Crippen molar-refractivity contribution in [3.05, 3.63) is 62.8 Å². The summed E-state index contributed by atoms with van der Waals surface area (Å²) in [6.07, 6.45) is 8.32. The third kappa shape index (κ3) is 3.93. The third-order valence-electron chi connectivity index (χ3n) is 6.11. The Hall–Kier alpha value is -3.20. The molecular formula is C22H25N5O4. The molecule has 1 saturated heterocycles. The van der Waals surface area contributed by atoms with Crippen LogP contribution in [0.1, 0.15) is 60.3 Å². The van der Waals surface area contributed by atoms with Gasteiger partial charge in [-0.25, -0.2) is 9.78 Å². The van der Waals surface area contributed by atoms with Gasteiger partial charge in [0.15, 0.2) is 0 Å². The second-order valence-electron chi connectivity index (χ2n) is 8.29. The first-order chi connectivity index (χ1) is 15.1. The van der Waals surface area contributed by atoms with Gasteiger partial charge in [0.2, 0.25) is 0 Å². The van der Waals surface area contributed by atoms with Crippen LogP contribution in [0.25, 0.3) is 11.0 Å². The molecule has 1 aliphatic carbocycles. The number of nitrogens with zero attached hydrogens (tertiary/aromatic N) is 3. The van der Waals surface area contributed by atoms with E-state index in [1.54, 1.807) is 6.26 Å². The summed E-state index contributed by atoms with van der Waals surface area (Å²) in [4.78, 5) is 46.4. The van der Waals surface area contributed by atoms with Gasteiger partial charge in [0.1, 0.15) is 11.4 Å².